The third kappa shape index (κ3) is 2.74. The molecule has 22 heavy (non-hydrogen) atoms. The van der Waals surface area contributed by atoms with E-state index in [0.29, 0.717) is 19.2 Å². The van der Waals surface area contributed by atoms with E-state index < -0.39 is 0 Å². The highest BCUT2D eigenvalue weighted by Crippen LogP contribution is 2.31. The fourth-order valence-corrected chi connectivity index (χ4v) is 3.38. The van der Waals surface area contributed by atoms with Gasteiger partial charge in [-0.05, 0) is 53.4 Å². The van der Waals surface area contributed by atoms with E-state index in [1.54, 1.807) is 11.3 Å². The van der Waals surface area contributed by atoms with Gasteiger partial charge in [-0.2, -0.15) is 11.3 Å². The van der Waals surface area contributed by atoms with E-state index in [1.807, 2.05) is 23.1 Å². The Morgan fingerprint density at radius 2 is 2.23 bits per heavy atom. The normalized spacial score (nSPS) is 16.7. The van der Waals surface area contributed by atoms with Crippen LogP contribution in [-0.4, -0.2) is 23.6 Å². The number of thiophene rings is 1. The first-order valence-electron chi connectivity index (χ1n) is 7.47. The van der Waals surface area contributed by atoms with Gasteiger partial charge in [0, 0.05) is 23.7 Å². The summed E-state index contributed by atoms with van der Waals surface area (Å²) in [7, 11) is 0. The maximum atomic E-state index is 12.9. The minimum absolute atomic E-state index is 0.0991. The van der Waals surface area contributed by atoms with Crippen molar-refractivity contribution in [2.45, 2.75) is 32.0 Å². The number of carbonyl (C=O) groups is 1. The molecule has 1 aromatic carbocycles. The van der Waals surface area contributed by atoms with Crippen LogP contribution in [0, 0.1) is 0 Å². The Bertz CT molecular complexity index is 679. The van der Waals surface area contributed by atoms with Crippen LogP contribution in [-0.2, 0) is 17.9 Å². The number of hydrogen-bond donors (Lipinski definition) is 0. The molecule has 114 valence electrons. The number of nitrogens with zero attached hydrogens (tertiary/aromatic N) is 1. The highest BCUT2D eigenvalue weighted by molar-refractivity contribution is 7.07. The van der Waals surface area contributed by atoms with Crippen LogP contribution < -0.4 is 4.74 Å². The molecule has 4 rings (SSSR count). The van der Waals surface area contributed by atoms with E-state index >= 15 is 0 Å². The predicted octanol–water partition coefficient (Wildman–Crippen LogP) is 3.42. The molecule has 0 N–H and O–H groups in total. The zero-order valence-corrected chi connectivity index (χ0v) is 13.0. The van der Waals surface area contributed by atoms with Crippen molar-refractivity contribution < 1.29 is 14.3 Å². The minimum atomic E-state index is 0.0991. The Labute approximate surface area is 133 Å². The first-order chi connectivity index (χ1) is 10.8. The Kier molecular flexibility index (Phi) is 3.60. The number of carbonyl (C=O) groups excluding carboxylic acids is 1. The molecule has 0 spiro atoms. The van der Waals surface area contributed by atoms with E-state index in [-0.39, 0.29) is 12.7 Å². The SMILES string of the molecule is O=C(c1ccc2c(c1)COCO2)N(Cc1ccsc1)C1CC1. The number of benzene rings is 1. The highest BCUT2D eigenvalue weighted by Gasteiger charge is 2.33. The molecule has 4 nitrogen and oxygen atoms in total. The summed E-state index contributed by atoms with van der Waals surface area (Å²) >= 11 is 1.67. The first kappa shape index (κ1) is 13.8. The van der Waals surface area contributed by atoms with Gasteiger partial charge in [0.2, 0.25) is 0 Å². The molecule has 1 aromatic heterocycles. The van der Waals surface area contributed by atoms with E-state index in [0.717, 1.165) is 29.7 Å². The Balaban J connectivity index is 1.58. The average Bonchev–Trinajstić information content (AvgIpc) is 3.27. The number of amides is 1. The minimum Gasteiger partial charge on any atom is -0.467 e. The zero-order chi connectivity index (χ0) is 14.9. The van der Waals surface area contributed by atoms with Gasteiger partial charge in [0.25, 0.3) is 5.91 Å². The Morgan fingerprint density at radius 1 is 1.32 bits per heavy atom. The molecule has 0 atom stereocenters. The van der Waals surface area contributed by atoms with Crippen LogP contribution in [0.25, 0.3) is 0 Å². The zero-order valence-electron chi connectivity index (χ0n) is 12.2. The van der Waals surface area contributed by atoms with Gasteiger partial charge in [-0.25, -0.2) is 0 Å². The molecule has 1 aliphatic carbocycles. The third-order valence-electron chi connectivity index (χ3n) is 4.04. The Morgan fingerprint density at radius 3 is 3.00 bits per heavy atom. The van der Waals surface area contributed by atoms with Gasteiger partial charge in [0.15, 0.2) is 6.79 Å². The molecule has 0 saturated heterocycles. The molecule has 2 heterocycles. The van der Waals surface area contributed by atoms with Crippen LogP contribution in [0.1, 0.15) is 34.3 Å². The molecule has 0 unspecified atom stereocenters. The van der Waals surface area contributed by atoms with Gasteiger partial charge in [-0.3, -0.25) is 4.79 Å². The lowest BCUT2D eigenvalue weighted by atomic mass is 10.1. The van der Waals surface area contributed by atoms with Crippen LogP contribution >= 0.6 is 11.3 Å². The maximum absolute atomic E-state index is 12.9. The fraction of sp³-hybridized carbons (Fsp3) is 0.353. The quantitative estimate of drug-likeness (QED) is 0.868. The summed E-state index contributed by atoms with van der Waals surface area (Å²) in [5.41, 5.74) is 2.87. The molecule has 2 aliphatic rings. The molecule has 0 radical (unpaired) electrons. The largest absolute Gasteiger partial charge is 0.467 e. The van der Waals surface area contributed by atoms with Crippen molar-refractivity contribution in [3.8, 4) is 5.75 Å². The van der Waals surface area contributed by atoms with Crippen molar-refractivity contribution in [1.82, 2.24) is 4.90 Å². The summed E-state index contributed by atoms with van der Waals surface area (Å²) in [5, 5.41) is 4.16. The molecule has 1 amide bonds. The average molecular weight is 315 g/mol. The van der Waals surface area contributed by atoms with Gasteiger partial charge in [0.1, 0.15) is 5.75 Å². The van der Waals surface area contributed by atoms with Crippen molar-refractivity contribution in [3.63, 3.8) is 0 Å². The van der Waals surface area contributed by atoms with Crippen molar-refractivity contribution in [3.05, 3.63) is 51.7 Å². The topological polar surface area (TPSA) is 38.8 Å². The lowest BCUT2D eigenvalue weighted by Crippen LogP contribution is -2.32. The Hall–Kier alpha value is -1.85. The summed E-state index contributed by atoms with van der Waals surface area (Å²) in [5.74, 6) is 0.917. The fourth-order valence-electron chi connectivity index (χ4n) is 2.72. The summed E-state index contributed by atoms with van der Waals surface area (Å²) in [4.78, 5) is 14.9. The van der Waals surface area contributed by atoms with Gasteiger partial charge >= 0.3 is 0 Å². The van der Waals surface area contributed by atoms with Crippen LogP contribution in [0.3, 0.4) is 0 Å². The lowest BCUT2D eigenvalue weighted by molar-refractivity contribution is -0.0164. The number of fused-ring (bicyclic) bond motifs is 1. The van der Waals surface area contributed by atoms with E-state index in [4.69, 9.17) is 9.47 Å². The third-order valence-corrected chi connectivity index (χ3v) is 4.78. The van der Waals surface area contributed by atoms with Gasteiger partial charge < -0.3 is 14.4 Å². The van der Waals surface area contributed by atoms with Crippen LogP contribution in [0.2, 0.25) is 0 Å². The van der Waals surface area contributed by atoms with Crippen LogP contribution in [0.5, 0.6) is 5.75 Å². The second kappa shape index (κ2) is 5.74. The molecule has 1 saturated carbocycles. The molecule has 1 fully saturated rings. The molecule has 5 heteroatoms. The summed E-state index contributed by atoms with van der Waals surface area (Å²) in [6.45, 7) is 1.48. The summed E-state index contributed by atoms with van der Waals surface area (Å²) < 4.78 is 10.7. The van der Waals surface area contributed by atoms with Gasteiger partial charge in [0.05, 0.1) is 6.61 Å². The first-order valence-corrected chi connectivity index (χ1v) is 8.41. The number of rotatable bonds is 4. The van der Waals surface area contributed by atoms with E-state index in [1.165, 1.54) is 5.56 Å². The smallest absolute Gasteiger partial charge is 0.254 e. The highest BCUT2D eigenvalue weighted by atomic mass is 32.1. The number of ether oxygens (including phenoxy) is 2. The monoisotopic (exact) mass is 315 g/mol. The van der Waals surface area contributed by atoms with Crippen LogP contribution in [0.4, 0.5) is 0 Å². The van der Waals surface area contributed by atoms with Crippen molar-refractivity contribution >= 4 is 17.2 Å². The summed E-state index contributed by atoms with van der Waals surface area (Å²) in [6, 6.07) is 8.11. The van der Waals surface area contributed by atoms with Crippen molar-refractivity contribution in [1.29, 1.82) is 0 Å². The van der Waals surface area contributed by atoms with Crippen molar-refractivity contribution in [2.24, 2.45) is 0 Å². The van der Waals surface area contributed by atoms with E-state index in [9.17, 15) is 4.79 Å². The van der Waals surface area contributed by atoms with Crippen LogP contribution in [0.15, 0.2) is 35.0 Å². The van der Waals surface area contributed by atoms with Gasteiger partial charge in [-0.15, -0.1) is 0 Å². The van der Waals surface area contributed by atoms with Gasteiger partial charge in [-0.1, -0.05) is 0 Å². The predicted molar refractivity (Wildman–Crippen MR) is 83.9 cm³/mol. The maximum Gasteiger partial charge on any atom is 0.254 e. The molecular weight excluding hydrogens is 298 g/mol. The molecular formula is C17H17NO3S. The molecule has 0 bridgehead atoms. The number of hydrogen-bond acceptors (Lipinski definition) is 4. The standard InChI is InChI=1S/C17H17NO3S/c19-17(13-1-4-16-14(7-13)9-20-11-21-16)18(15-2-3-15)8-12-5-6-22-10-12/h1,4-7,10,15H,2-3,8-9,11H2. The van der Waals surface area contributed by atoms with Crippen molar-refractivity contribution in [2.75, 3.05) is 6.79 Å². The lowest BCUT2D eigenvalue weighted by Gasteiger charge is -2.23. The molecule has 1 aliphatic heterocycles. The molecule has 2 aromatic rings. The summed E-state index contributed by atoms with van der Waals surface area (Å²) in [6.07, 6.45) is 2.21. The van der Waals surface area contributed by atoms with E-state index in [2.05, 4.69) is 16.8 Å². The second-order valence-corrected chi connectivity index (χ2v) is 6.51. The second-order valence-electron chi connectivity index (χ2n) is 5.73.